The number of fused-ring (bicyclic) bond motifs is 1. The molecule has 1 unspecified atom stereocenters. The van der Waals surface area contributed by atoms with Gasteiger partial charge in [-0.2, -0.15) is 0 Å². The third-order valence-corrected chi connectivity index (χ3v) is 5.36. The highest BCUT2D eigenvalue weighted by atomic mass is 19.1. The number of benzene rings is 1. The first-order chi connectivity index (χ1) is 12.6. The molecular formula is C18H20F2N4O3. The van der Waals surface area contributed by atoms with Gasteiger partial charge in [0.15, 0.2) is 11.6 Å². The van der Waals surface area contributed by atoms with Crippen molar-refractivity contribution in [1.29, 1.82) is 0 Å². The van der Waals surface area contributed by atoms with Crippen LogP contribution in [0, 0.1) is 11.6 Å². The molecular weight excluding hydrogens is 358 g/mol. The second-order valence-corrected chi connectivity index (χ2v) is 7.75. The average Bonchev–Trinajstić information content (AvgIpc) is 3.36. The zero-order chi connectivity index (χ0) is 19.7. The fourth-order valence-corrected chi connectivity index (χ4v) is 3.80. The molecule has 144 valence electrons. The van der Waals surface area contributed by atoms with Gasteiger partial charge in [-0.1, -0.05) is 0 Å². The van der Waals surface area contributed by atoms with E-state index in [1.165, 1.54) is 9.47 Å². The van der Waals surface area contributed by atoms with Gasteiger partial charge in [-0.15, -0.1) is 0 Å². The molecule has 1 aliphatic heterocycles. The molecule has 0 radical (unpaired) electrons. The number of rotatable bonds is 3. The van der Waals surface area contributed by atoms with Crippen LogP contribution in [0.25, 0.3) is 10.9 Å². The van der Waals surface area contributed by atoms with E-state index in [2.05, 4.69) is 0 Å². The molecule has 1 atom stereocenters. The molecule has 1 aliphatic carbocycles. The standard InChI is InChI=1S/C18H20F2N4O3/c1-18(22)4-5-23(7-18)15-11(19)13(21)10-14(12(15)20)24(8-2-3-8)6-9(16(10)25)17(26)27/h6,8H,2-5,7,21-22H2,1H3,(H,26,27). The van der Waals surface area contributed by atoms with Crippen molar-refractivity contribution in [3.05, 3.63) is 33.6 Å². The van der Waals surface area contributed by atoms with E-state index < -0.39 is 45.2 Å². The van der Waals surface area contributed by atoms with E-state index in [1.54, 1.807) is 6.92 Å². The Morgan fingerprint density at radius 3 is 2.52 bits per heavy atom. The molecule has 0 spiro atoms. The maximum absolute atomic E-state index is 15.5. The largest absolute Gasteiger partial charge is 0.477 e. The monoisotopic (exact) mass is 378 g/mol. The molecule has 4 rings (SSSR count). The van der Waals surface area contributed by atoms with Crippen LogP contribution in [0.4, 0.5) is 20.2 Å². The first-order valence-electron chi connectivity index (χ1n) is 8.75. The zero-order valence-electron chi connectivity index (χ0n) is 14.8. The van der Waals surface area contributed by atoms with Crippen LogP contribution < -0.4 is 21.8 Å². The third kappa shape index (κ3) is 2.64. The lowest BCUT2D eigenvalue weighted by atomic mass is 10.0. The summed E-state index contributed by atoms with van der Waals surface area (Å²) in [7, 11) is 0. The lowest BCUT2D eigenvalue weighted by Gasteiger charge is -2.25. The summed E-state index contributed by atoms with van der Waals surface area (Å²) in [6, 6.07) is -0.142. The average molecular weight is 378 g/mol. The van der Waals surface area contributed by atoms with E-state index in [0.717, 1.165) is 6.20 Å². The molecule has 5 N–H and O–H groups in total. The van der Waals surface area contributed by atoms with Gasteiger partial charge in [-0.05, 0) is 26.2 Å². The van der Waals surface area contributed by atoms with Crippen molar-refractivity contribution in [3.8, 4) is 0 Å². The smallest absolute Gasteiger partial charge is 0.341 e. The number of hydrogen-bond acceptors (Lipinski definition) is 5. The van der Waals surface area contributed by atoms with Crippen LogP contribution in [0.1, 0.15) is 42.6 Å². The van der Waals surface area contributed by atoms with Crippen LogP contribution in [0.5, 0.6) is 0 Å². The normalized spacial score (nSPS) is 22.6. The summed E-state index contributed by atoms with van der Waals surface area (Å²) in [5.41, 5.74) is 8.84. The maximum atomic E-state index is 15.5. The van der Waals surface area contributed by atoms with E-state index in [4.69, 9.17) is 11.5 Å². The summed E-state index contributed by atoms with van der Waals surface area (Å²) >= 11 is 0. The fraction of sp³-hybridized carbons (Fsp3) is 0.444. The highest BCUT2D eigenvalue weighted by molar-refractivity contribution is 5.99. The number of pyridine rings is 1. The SMILES string of the molecule is CC1(N)CCN(c2c(F)c(N)c3c(=O)c(C(=O)O)cn(C4CC4)c3c2F)C1. The summed E-state index contributed by atoms with van der Waals surface area (Å²) in [5.74, 6) is -3.42. The number of nitrogen functional groups attached to an aromatic ring is 1. The molecule has 0 bridgehead atoms. The van der Waals surface area contributed by atoms with Crippen molar-refractivity contribution in [2.24, 2.45) is 5.73 Å². The number of nitrogens with zero attached hydrogens (tertiary/aromatic N) is 2. The predicted molar refractivity (Wildman–Crippen MR) is 97.2 cm³/mol. The van der Waals surface area contributed by atoms with Crippen LogP contribution in [0.15, 0.2) is 11.0 Å². The lowest BCUT2D eigenvalue weighted by Crippen LogP contribution is -2.39. The highest BCUT2D eigenvalue weighted by Gasteiger charge is 2.36. The van der Waals surface area contributed by atoms with Crippen LogP contribution in [0.2, 0.25) is 0 Å². The quantitative estimate of drug-likeness (QED) is 0.702. The van der Waals surface area contributed by atoms with Crippen LogP contribution in [0.3, 0.4) is 0 Å². The molecule has 2 aliphatic rings. The van der Waals surface area contributed by atoms with Crippen molar-refractivity contribution < 1.29 is 18.7 Å². The number of anilines is 2. The first-order valence-corrected chi connectivity index (χ1v) is 8.75. The van der Waals surface area contributed by atoms with Gasteiger partial charge < -0.3 is 26.0 Å². The Kier molecular flexibility index (Phi) is 3.71. The molecule has 1 aromatic heterocycles. The molecule has 1 saturated heterocycles. The van der Waals surface area contributed by atoms with E-state index in [1.807, 2.05) is 0 Å². The minimum atomic E-state index is -1.46. The van der Waals surface area contributed by atoms with Crippen LogP contribution in [-0.2, 0) is 0 Å². The van der Waals surface area contributed by atoms with Crippen LogP contribution >= 0.6 is 0 Å². The summed E-state index contributed by atoms with van der Waals surface area (Å²) in [6.45, 7) is 2.39. The molecule has 7 nitrogen and oxygen atoms in total. The number of carbonyl (C=O) groups is 1. The van der Waals surface area contributed by atoms with Gasteiger partial charge in [0.25, 0.3) is 0 Å². The molecule has 2 heterocycles. The fourth-order valence-electron chi connectivity index (χ4n) is 3.80. The van der Waals surface area contributed by atoms with E-state index in [0.29, 0.717) is 25.8 Å². The van der Waals surface area contributed by atoms with Gasteiger partial charge in [0, 0.05) is 30.9 Å². The minimum absolute atomic E-state index is 0.142. The molecule has 1 aromatic carbocycles. The van der Waals surface area contributed by atoms with Gasteiger partial charge in [0.2, 0.25) is 5.43 Å². The minimum Gasteiger partial charge on any atom is -0.477 e. The van der Waals surface area contributed by atoms with E-state index in [9.17, 15) is 14.7 Å². The van der Waals surface area contributed by atoms with Gasteiger partial charge in [0.05, 0.1) is 16.6 Å². The molecule has 27 heavy (non-hydrogen) atoms. The van der Waals surface area contributed by atoms with Crippen molar-refractivity contribution in [3.63, 3.8) is 0 Å². The number of carboxylic acids is 1. The number of halogens is 2. The Labute approximate surface area is 153 Å². The Balaban J connectivity index is 2.07. The van der Waals surface area contributed by atoms with Crippen molar-refractivity contribution >= 4 is 28.2 Å². The number of nitrogens with two attached hydrogens (primary N) is 2. The topological polar surface area (TPSA) is 115 Å². The van der Waals surface area contributed by atoms with Crippen molar-refractivity contribution in [2.75, 3.05) is 23.7 Å². The Morgan fingerprint density at radius 1 is 1.33 bits per heavy atom. The van der Waals surface area contributed by atoms with Crippen molar-refractivity contribution in [1.82, 2.24) is 4.57 Å². The Morgan fingerprint density at radius 2 is 2.00 bits per heavy atom. The number of carboxylic acid groups (broad SMARTS) is 1. The summed E-state index contributed by atoms with van der Waals surface area (Å²) in [6.07, 6.45) is 3.12. The lowest BCUT2D eigenvalue weighted by molar-refractivity contribution is 0.0695. The Bertz CT molecular complexity index is 1040. The zero-order valence-corrected chi connectivity index (χ0v) is 14.8. The molecule has 1 saturated carbocycles. The highest BCUT2D eigenvalue weighted by Crippen LogP contribution is 2.42. The second kappa shape index (κ2) is 5.66. The first kappa shape index (κ1) is 17.7. The Hall–Kier alpha value is -2.68. The second-order valence-electron chi connectivity index (χ2n) is 7.75. The summed E-state index contributed by atoms with van der Waals surface area (Å²) in [5, 5.41) is 8.88. The van der Waals surface area contributed by atoms with Gasteiger partial charge >= 0.3 is 5.97 Å². The maximum Gasteiger partial charge on any atom is 0.341 e. The summed E-state index contributed by atoms with van der Waals surface area (Å²) < 4.78 is 31.9. The van der Waals surface area contributed by atoms with Crippen molar-refractivity contribution in [2.45, 2.75) is 37.8 Å². The van der Waals surface area contributed by atoms with Crippen LogP contribution in [-0.4, -0.2) is 34.3 Å². The predicted octanol–water partition coefficient (Wildman–Crippen LogP) is 1.82. The summed E-state index contributed by atoms with van der Waals surface area (Å²) in [4.78, 5) is 25.5. The van der Waals surface area contributed by atoms with Gasteiger partial charge in [0.1, 0.15) is 11.3 Å². The number of aromatic nitrogens is 1. The van der Waals surface area contributed by atoms with E-state index >= 15 is 8.78 Å². The number of hydrogen-bond donors (Lipinski definition) is 3. The third-order valence-electron chi connectivity index (χ3n) is 5.36. The van der Waals surface area contributed by atoms with Gasteiger partial charge in [-0.25, -0.2) is 13.6 Å². The van der Waals surface area contributed by atoms with E-state index in [-0.39, 0.29) is 23.8 Å². The number of aromatic carboxylic acids is 1. The van der Waals surface area contributed by atoms with Gasteiger partial charge in [-0.3, -0.25) is 4.79 Å². The molecule has 9 heteroatoms. The molecule has 2 fully saturated rings. The molecule has 0 amide bonds. The molecule has 2 aromatic rings.